The summed E-state index contributed by atoms with van der Waals surface area (Å²) in [5.41, 5.74) is 0.295. The molecule has 0 aliphatic carbocycles. The fourth-order valence-electron chi connectivity index (χ4n) is 1.96. The normalized spacial score (nSPS) is 12.7. The Morgan fingerprint density at radius 3 is 1.95 bits per heavy atom. The second-order valence-corrected chi connectivity index (χ2v) is 9.82. The van der Waals surface area contributed by atoms with Crippen LogP contribution in [0.15, 0.2) is 12.2 Å². The van der Waals surface area contributed by atoms with E-state index in [0.717, 1.165) is 24.6 Å². The fourth-order valence-corrected chi connectivity index (χ4v) is 4.45. The Morgan fingerprint density at radius 1 is 1.10 bits per heavy atom. The molecular weight excluding hydrogens is 272 g/mol. The van der Waals surface area contributed by atoms with Crippen LogP contribution in [0.3, 0.4) is 0 Å². The van der Waals surface area contributed by atoms with E-state index in [0.29, 0.717) is 12.0 Å². The van der Waals surface area contributed by atoms with Crippen LogP contribution in [-0.2, 0) is 18.8 Å². The van der Waals surface area contributed by atoms with Crippen LogP contribution in [0.5, 0.6) is 0 Å². The number of esters is 1. The molecule has 0 fully saturated rings. The molecule has 0 saturated carbocycles. The van der Waals surface area contributed by atoms with Crippen molar-refractivity contribution in [3.05, 3.63) is 12.2 Å². The lowest BCUT2D eigenvalue weighted by molar-refractivity contribution is -0.160. The Balaban J connectivity index is 4.88. The Hall–Kier alpha value is -1.10. The molecule has 0 aromatic heterocycles. The first-order chi connectivity index (χ1) is 9.35. The molecule has 0 heterocycles. The molecule has 0 spiro atoms. The van der Waals surface area contributed by atoms with E-state index in [2.05, 4.69) is 27.4 Å². The van der Waals surface area contributed by atoms with E-state index >= 15 is 0 Å². The molecule has 5 heteroatoms. The van der Waals surface area contributed by atoms with Crippen LogP contribution in [-0.4, -0.2) is 26.4 Å². The van der Waals surface area contributed by atoms with Crippen LogP contribution in [0.1, 0.15) is 47.5 Å². The largest absolute Gasteiger partial charge is 0.516 e. The SMILES string of the molecule is C=C(C)C(=O)OC(CCC)C(=O)O[Si](CC)(CC)CC. The molecule has 0 amide bonds. The number of hydrogen-bond donors (Lipinski definition) is 0. The molecule has 0 N–H and O–H groups in total. The molecular formula is C15H28O4Si. The Bertz CT molecular complexity index is 340. The number of rotatable bonds is 9. The first kappa shape index (κ1) is 18.9. The van der Waals surface area contributed by atoms with Gasteiger partial charge in [-0.15, -0.1) is 0 Å². The van der Waals surface area contributed by atoms with E-state index in [9.17, 15) is 9.59 Å². The maximum atomic E-state index is 12.3. The molecule has 0 aromatic carbocycles. The van der Waals surface area contributed by atoms with Crippen molar-refractivity contribution in [3.63, 3.8) is 0 Å². The smallest absolute Gasteiger partial charge is 0.334 e. The first-order valence-corrected chi connectivity index (χ1v) is 9.98. The van der Waals surface area contributed by atoms with Gasteiger partial charge < -0.3 is 9.16 Å². The second kappa shape index (κ2) is 8.95. The lowest BCUT2D eigenvalue weighted by Crippen LogP contribution is -2.42. The maximum absolute atomic E-state index is 12.3. The first-order valence-electron chi connectivity index (χ1n) is 7.45. The van der Waals surface area contributed by atoms with E-state index < -0.39 is 26.4 Å². The summed E-state index contributed by atoms with van der Waals surface area (Å²) in [5, 5.41) is 0. The van der Waals surface area contributed by atoms with Gasteiger partial charge in [0.15, 0.2) is 6.10 Å². The van der Waals surface area contributed by atoms with Gasteiger partial charge in [0.1, 0.15) is 0 Å². The van der Waals surface area contributed by atoms with Gasteiger partial charge in [0.25, 0.3) is 8.32 Å². The number of hydrogen-bond acceptors (Lipinski definition) is 4. The van der Waals surface area contributed by atoms with Gasteiger partial charge in [-0.3, -0.25) is 0 Å². The number of ether oxygens (including phenoxy) is 1. The summed E-state index contributed by atoms with van der Waals surface area (Å²) in [6, 6.07) is 2.66. The van der Waals surface area contributed by atoms with Crippen molar-refractivity contribution in [2.75, 3.05) is 0 Å². The summed E-state index contributed by atoms with van der Waals surface area (Å²) < 4.78 is 11.0. The third-order valence-corrected chi connectivity index (χ3v) is 8.16. The molecule has 0 rings (SSSR count). The van der Waals surface area contributed by atoms with Crippen LogP contribution in [0.4, 0.5) is 0 Å². The Kier molecular flexibility index (Phi) is 8.45. The van der Waals surface area contributed by atoms with Crippen molar-refractivity contribution in [1.29, 1.82) is 0 Å². The monoisotopic (exact) mass is 300 g/mol. The molecule has 1 unspecified atom stereocenters. The van der Waals surface area contributed by atoms with E-state index in [4.69, 9.17) is 9.16 Å². The molecule has 0 aliphatic heterocycles. The Morgan fingerprint density at radius 2 is 1.60 bits per heavy atom. The predicted molar refractivity (Wildman–Crippen MR) is 82.9 cm³/mol. The third kappa shape index (κ3) is 5.49. The van der Waals surface area contributed by atoms with Gasteiger partial charge in [-0.1, -0.05) is 40.7 Å². The van der Waals surface area contributed by atoms with Crippen molar-refractivity contribution in [2.24, 2.45) is 0 Å². The van der Waals surface area contributed by atoms with Gasteiger partial charge in [0.2, 0.25) is 0 Å². The van der Waals surface area contributed by atoms with Crippen LogP contribution >= 0.6 is 0 Å². The molecule has 0 radical (unpaired) electrons. The predicted octanol–water partition coefficient (Wildman–Crippen LogP) is 3.82. The zero-order valence-electron chi connectivity index (χ0n) is 13.5. The van der Waals surface area contributed by atoms with Gasteiger partial charge in [-0.05, 0) is 31.5 Å². The van der Waals surface area contributed by atoms with Crippen molar-refractivity contribution in [3.8, 4) is 0 Å². The van der Waals surface area contributed by atoms with Crippen molar-refractivity contribution < 1.29 is 18.8 Å². The highest BCUT2D eigenvalue weighted by atomic mass is 28.4. The summed E-state index contributed by atoms with van der Waals surface area (Å²) in [4.78, 5) is 23.9. The molecule has 0 aliphatic rings. The lowest BCUT2D eigenvalue weighted by Gasteiger charge is -2.29. The van der Waals surface area contributed by atoms with Gasteiger partial charge >= 0.3 is 11.9 Å². The Labute approximate surface area is 123 Å². The standard InChI is InChI=1S/C15H28O4Si/c1-7-11-13(18-14(16)12(5)6)15(17)19-20(8-2,9-3)10-4/h13H,5,7-11H2,1-4,6H3. The summed E-state index contributed by atoms with van der Waals surface area (Å²) in [6.45, 7) is 13.2. The van der Waals surface area contributed by atoms with E-state index in [1.165, 1.54) is 0 Å². The van der Waals surface area contributed by atoms with Crippen LogP contribution in [0.25, 0.3) is 0 Å². The molecule has 4 nitrogen and oxygen atoms in total. The molecule has 1 atom stereocenters. The minimum Gasteiger partial charge on any atom is -0.516 e. The van der Waals surface area contributed by atoms with E-state index in [-0.39, 0.29) is 0 Å². The molecule has 0 aromatic rings. The average Bonchev–Trinajstić information content (AvgIpc) is 2.44. The van der Waals surface area contributed by atoms with E-state index in [1.54, 1.807) is 6.92 Å². The zero-order valence-corrected chi connectivity index (χ0v) is 14.5. The number of carbonyl (C=O) groups excluding carboxylic acids is 2. The number of carbonyl (C=O) groups is 2. The maximum Gasteiger partial charge on any atom is 0.334 e. The van der Waals surface area contributed by atoms with Crippen LogP contribution < -0.4 is 0 Å². The summed E-state index contributed by atoms with van der Waals surface area (Å²) >= 11 is 0. The average molecular weight is 300 g/mol. The molecule has 0 saturated heterocycles. The quantitative estimate of drug-likeness (QED) is 0.369. The molecule has 116 valence electrons. The zero-order chi connectivity index (χ0) is 15.8. The van der Waals surface area contributed by atoms with Gasteiger partial charge in [-0.25, -0.2) is 9.59 Å². The second-order valence-electron chi connectivity index (χ2n) is 5.13. The molecule has 20 heavy (non-hydrogen) atoms. The van der Waals surface area contributed by atoms with Gasteiger partial charge in [-0.2, -0.15) is 0 Å². The third-order valence-electron chi connectivity index (χ3n) is 3.66. The summed E-state index contributed by atoms with van der Waals surface area (Å²) in [5.74, 6) is -0.921. The van der Waals surface area contributed by atoms with Gasteiger partial charge in [0, 0.05) is 5.57 Å². The highest BCUT2D eigenvalue weighted by molar-refractivity contribution is 6.75. The van der Waals surface area contributed by atoms with Crippen LogP contribution in [0, 0.1) is 0 Å². The summed E-state index contributed by atoms with van der Waals surface area (Å²) in [6.07, 6.45) is 0.433. The molecule has 0 bridgehead atoms. The minimum atomic E-state index is -2.01. The van der Waals surface area contributed by atoms with Crippen molar-refractivity contribution >= 4 is 20.3 Å². The van der Waals surface area contributed by atoms with Gasteiger partial charge in [0.05, 0.1) is 0 Å². The summed E-state index contributed by atoms with van der Waals surface area (Å²) in [7, 11) is -2.01. The fraction of sp³-hybridized carbons (Fsp3) is 0.733. The highest BCUT2D eigenvalue weighted by Gasteiger charge is 2.36. The minimum absolute atomic E-state index is 0.295. The van der Waals surface area contributed by atoms with Crippen molar-refractivity contribution in [1.82, 2.24) is 0 Å². The van der Waals surface area contributed by atoms with E-state index in [1.807, 2.05) is 6.92 Å². The topological polar surface area (TPSA) is 52.6 Å². The lowest BCUT2D eigenvalue weighted by atomic mass is 10.2. The van der Waals surface area contributed by atoms with Crippen molar-refractivity contribution in [2.45, 2.75) is 71.7 Å². The van der Waals surface area contributed by atoms with Crippen LogP contribution in [0.2, 0.25) is 18.1 Å². The highest BCUT2D eigenvalue weighted by Crippen LogP contribution is 2.23.